The predicted molar refractivity (Wildman–Crippen MR) is 184 cm³/mol. The van der Waals surface area contributed by atoms with Gasteiger partial charge in [-0.25, -0.2) is 19.9 Å². The van der Waals surface area contributed by atoms with Gasteiger partial charge in [0.25, 0.3) is 0 Å². The number of nitrogens with zero attached hydrogens (tertiary/aromatic N) is 5. The Balaban J connectivity index is 1.38. The van der Waals surface area contributed by atoms with Crippen molar-refractivity contribution >= 4 is 16.6 Å². The summed E-state index contributed by atoms with van der Waals surface area (Å²) in [5.41, 5.74) is 10.7. The standard InChI is InChI=1S/C41H27N5/c1-3-28-29-20-11-12-22-32(29)41(31(28)4-2)33-23-13-14-25-35(33)46-36-30(21-15-24-34(36)42-40(41)46)39-44-37(26-16-7-5-8-17-26)43-38(45-39)27-18-9-6-10-19-27/h3-25H,1-2H2. The van der Waals surface area contributed by atoms with Gasteiger partial charge in [-0.3, -0.25) is 4.57 Å². The highest BCUT2D eigenvalue weighted by Crippen LogP contribution is 2.60. The summed E-state index contributed by atoms with van der Waals surface area (Å²) >= 11 is 0. The molecule has 0 amide bonds. The molecular formula is C41H27N5. The van der Waals surface area contributed by atoms with Crippen LogP contribution in [-0.4, -0.2) is 24.5 Å². The third kappa shape index (κ3) is 3.45. The normalized spacial score (nSPS) is 16.0. The van der Waals surface area contributed by atoms with E-state index in [9.17, 15) is 0 Å². The Morgan fingerprint density at radius 1 is 0.522 bits per heavy atom. The molecule has 0 saturated carbocycles. The lowest BCUT2D eigenvalue weighted by molar-refractivity contribution is 0.732. The van der Waals surface area contributed by atoms with Gasteiger partial charge in [0.2, 0.25) is 0 Å². The first-order valence-corrected chi connectivity index (χ1v) is 15.3. The molecule has 0 bridgehead atoms. The van der Waals surface area contributed by atoms with Gasteiger partial charge in [0.15, 0.2) is 17.5 Å². The molecule has 5 aromatic carbocycles. The molecule has 0 fully saturated rings. The number of imidazole rings is 1. The lowest BCUT2D eigenvalue weighted by atomic mass is 9.72. The molecule has 5 heteroatoms. The maximum Gasteiger partial charge on any atom is 0.166 e. The second-order valence-electron chi connectivity index (χ2n) is 11.5. The van der Waals surface area contributed by atoms with Crippen LogP contribution in [0, 0.1) is 0 Å². The van der Waals surface area contributed by atoms with E-state index in [4.69, 9.17) is 19.9 Å². The van der Waals surface area contributed by atoms with E-state index in [0.717, 1.165) is 55.9 Å². The molecule has 9 rings (SSSR count). The number of hydrogen-bond donors (Lipinski definition) is 0. The fraction of sp³-hybridized carbons (Fsp3) is 0.0244. The fourth-order valence-corrected chi connectivity index (χ4v) is 7.38. The molecule has 1 spiro atoms. The lowest BCUT2D eigenvalue weighted by Gasteiger charge is -2.28. The number of fused-ring (bicyclic) bond motifs is 9. The van der Waals surface area contributed by atoms with E-state index in [1.165, 1.54) is 11.1 Å². The van der Waals surface area contributed by atoms with Crippen LogP contribution >= 0.6 is 0 Å². The zero-order chi connectivity index (χ0) is 30.8. The topological polar surface area (TPSA) is 56.5 Å². The van der Waals surface area contributed by atoms with Crippen LogP contribution in [0.1, 0.15) is 22.5 Å². The molecule has 5 nitrogen and oxygen atoms in total. The van der Waals surface area contributed by atoms with Crippen LogP contribution in [-0.2, 0) is 5.41 Å². The van der Waals surface area contributed by atoms with Crippen molar-refractivity contribution in [1.82, 2.24) is 24.5 Å². The van der Waals surface area contributed by atoms with Crippen molar-refractivity contribution in [1.29, 1.82) is 0 Å². The lowest BCUT2D eigenvalue weighted by Crippen LogP contribution is -2.27. The zero-order valence-corrected chi connectivity index (χ0v) is 24.9. The minimum Gasteiger partial charge on any atom is -0.294 e. The summed E-state index contributed by atoms with van der Waals surface area (Å²) in [5.74, 6) is 2.77. The second-order valence-corrected chi connectivity index (χ2v) is 11.5. The number of rotatable bonds is 5. The van der Waals surface area contributed by atoms with Crippen LogP contribution in [0.15, 0.2) is 158 Å². The summed E-state index contributed by atoms with van der Waals surface area (Å²) in [4.78, 5) is 20.5. The molecule has 0 N–H and O–H groups in total. The van der Waals surface area contributed by atoms with Crippen LogP contribution in [0.25, 0.3) is 56.5 Å². The predicted octanol–water partition coefficient (Wildman–Crippen LogP) is 9.00. The van der Waals surface area contributed by atoms with E-state index < -0.39 is 5.41 Å². The van der Waals surface area contributed by atoms with Crippen LogP contribution in [0.5, 0.6) is 0 Å². The second kappa shape index (κ2) is 9.91. The maximum absolute atomic E-state index is 5.43. The van der Waals surface area contributed by atoms with Gasteiger partial charge in [-0.2, -0.15) is 0 Å². The van der Waals surface area contributed by atoms with E-state index in [-0.39, 0.29) is 0 Å². The number of hydrogen-bond acceptors (Lipinski definition) is 4. The molecule has 216 valence electrons. The molecule has 46 heavy (non-hydrogen) atoms. The molecular weight excluding hydrogens is 562 g/mol. The Bertz CT molecular complexity index is 2340. The summed E-state index contributed by atoms with van der Waals surface area (Å²) < 4.78 is 2.31. The summed E-state index contributed by atoms with van der Waals surface area (Å²) in [6.07, 6.45) is 3.93. The van der Waals surface area contributed by atoms with Crippen molar-refractivity contribution in [2.24, 2.45) is 0 Å². The first kappa shape index (κ1) is 26.2. The van der Waals surface area contributed by atoms with Gasteiger partial charge in [0.1, 0.15) is 11.2 Å². The molecule has 1 aliphatic heterocycles. The van der Waals surface area contributed by atoms with Crippen molar-refractivity contribution in [3.63, 3.8) is 0 Å². The highest BCUT2D eigenvalue weighted by atomic mass is 15.1. The van der Waals surface area contributed by atoms with E-state index in [1.807, 2.05) is 78.9 Å². The average molecular weight is 590 g/mol. The first-order valence-electron chi connectivity index (χ1n) is 15.3. The fourth-order valence-electron chi connectivity index (χ4n) is 7.38. The Hall–Kier alpha value is -6.20. The Morgan fingerprint density at radius 3 is 1.78 bits per heavy atom. The van der Waals surface area contributed by atoms with Gasteiger partial charge >= 0.3 is 0 Å². The molecule has 3 heterocycles. The van der Waals surface area contributed by atoms with Crippen LogP contribution in [0.3, 0.4) is 0 Å². The minimum atomic E-state index is -0.641. The summed E-state index contributed by atoms with van der Waals surface area (Å²) in [6.45, 7) is 8.53. The molecule has 1 unspecified atom stereocenters. The Morgan fingerprint density at radius 2 is 1.11 bits per heavy atom. The van der Waals surface area contributed by atoms with Gasteiger partial charge in [-0.1, -0.05) is 135 Å². The van der Waals surface area contributed by atoms with E-state index in [2.05, 4.69) is 78.4 Å². The largest absolute Gasteiger partial charge is 0.294 e. The van der Waals surface area contributed by atoms with Crippen molar-refractivity contribution in [3.8, 4) is 39.9 Å². The third-order valence-electron chi connectivity index (χ3n) is 9.22. The Kier molecular flexibility index (Phi) is 5.65. The minimum absolute atomic E-state index is 0.595. The number of aromatic nitrogens is 5. The molecule has 0 saturated heterocycles. The van der Waals surface area contributed by atoms with E-state index in [1.54, 1.807) is 0 Å². The van der Waals surface area contributed by atoms with Gasteiger partial charge < -0.3 is 0 Å². The van der Waals surface area contributed by atoms with Gasteiger partial charge in [-0.05, 0) is 46.0 Å². The number of para-hydroxylation sites is 2. The zero-order valence-electron chi connectivity index (χ0n) is 24.9. The number of benzene rings is 5. The van der Waals surface area contributed by atoms with E-state index in [0.29, 0.717) is 17.5 Å². The quantitative estimate of drug-likeness (QED) is 0.201. The first-order chi connectivity index (χ1) is 22.7. The summed E-state index contributed by atoms with van der Waals surface area (Å²) in [7, 11) is 0. The monoisotopic (exact) mass is 589 g/mol. The van der Waals surface area contributed by atoms with Crippen molar-refractivity contribution in [2.45, 2.75) is 5.41 Å². The summed E-state index contributed by atoms with van der Waals surface area (Å²) in [5, 5.41) is 0. The summed E-state index contributed by atoms with van der Waals surface area (Å²) in [6, 6.07) is 43.5. The molecule has 2 aliphatic rings. The SMILES string of the molecule is C=CC1=C(C=C)C2(c3ccccc31)c1ccccc1-n1c2nc2cccc(-c3nc(-c4ccccc4)nc(-c4ccccc4)n3)c21. The molecule has 2 aromatic heterocycles. The van der Waals surface area contributed by atoms with Crippen molar-refractivity contribution in [2.75, 3.05) is 0 Å². The van der Waals surface area contributed by atoms with Crippen molar-refractivity contribution < 1.29 is 0 Å². The van der Waals surface area contributed by atoms with Gasteiger partial charge in [0.05, 0.1) is 16.7 Å². The van der Waals surface area contributed by atoms with E-state index >= 15 is 0 Å². The third-order valence-corrected chi connectivity index (χ3v) is 9.22. The van der Waals surface area contributed by atoms with Crippen LogP contribution in [0.2, 0.25) is 0 Å². The maximum atomic E-state index is 5.43. The molecule has 0 radical (unpaired) electrons. The molecule has 1 aliphatic carbocycles. The van der Waals surface area contributed by atoms with Crippen molar-refractivity contribution in [3.05, 3.63) is 181 Å². The highest BCUT2D eigenvalue weighted by molar-refractivity contribution is 5.98. The number of allylic oxidation sites excluding steroid dienone is 4. The van der Waals surface area contributed by atoms with Gasteiger partial charge in [0, 0.05) is 16.7 Å². The van der Waals surface area contributed by atoms with Crippen LogP contribution in [0.4, 0.5) is 0 Å². The smallest absolute Gasteiger partial charge is 0.166 e. The van der Waals surface area contributed by atoms with Gasteiger partial charge in [-0.15, -0.1) is 0 Å². The molecule has 1 atom stereocenters. The molecule has 7 aromatic rings. The highest BCUT2D eigenvalue weighted by Gasteiger charge is 2.54. The Labute approximate surface area is 266 Å². The average Bonchev–Trinajstić information content (AvgIpc) is 3.75. The van der Waals surface area contributed by atoms with Crippen LogP contribution < -0.4 is 0 Å².